The smallest absolute Gasteiger partial charge is 0.330 e. The number of aliphatic hydroxyl groups is 4. The molecule has 0 saturated carbocycles. The monoisotopic (exact) mass is 775 g/mol. The highest BCUT2D eigenvalue weighted by atomic mass is 16.7. The van der Waals surface area contributed by atoms with Gasteiger partial charge in [-0.15, -0.1) is 0 Å². The van der Waals surface area contributed by atoms with Gasteiger partial charge in [-0.3, -0.25) is 9.59 Å². The number of aliphatic hydroxyl groups excluding tert-OH is 4. The zero-order valence-corrected chi connectivity index (χ0v) is 35.5. The molecule has 3 aliphatic heterocycles. The van der Waals surface area contributed by atoms with Gasteiger partial charge in [0.1, 0.15) is 17.7 Å². The Kier molecular flexibility index (Phi) is 18.0. The summed E-state index contributed by atoms with van der Waals surface area (Å²) in [5.41, 5.74) is 0. The van der Waals surface area contributed by atoms with Gasteiger partial charge in [-0.25, -0.2) is 4.79 Å². The summed E-state index contributed by atoms with van der Waals surface area (Å²) in [5, 5.41) is 43.8. The van der Waals surface area contributed by atoms with Gasteiger partial charge in [-0.2, -0.15) is 0 Å². The number of carbonyl (C=O) groups excluding carboxylic acids is 3. The zero-order valence-electron chi connectivity index (χ0n) is 35.5. The average Bonchev–Trinajstić information content (AvgIpc) is 3.16. The van der Waals surface area contributed by atoms with Crippen LogP contribution in [0, 0.1) is 59.2 Å². The van der Waals surface area contributed by atoms with E-state index in [1.165, 1.54) is 6.08 Å². The zero-order chi connectivity index (χ0) is 41.4. The number of allylic oxidation sites excluding steroid dienone is 4. The third-order valence-electron chi connectivity index (χ3n) is 13.4. The van der Waals surface area contributed by atoms with Crippen LogP contribution in [-0.2, 0) is 28.6 Å². The van der Waals surface area contributed by atoms with Crippen LogP contribution < -0.4 is 0 Å². The maximum Gasteiger partial charge on any atom is 0.330 e. The number of hydrogen-bond donors (Lipinski definition) is 4. The molecule has 10 nitrogen and oxygen atoms in total. The van der Waals surface area contributed by atoms with E-state index in [2.05, 4.69) is 26.8 Å². The lowest BCUT2D eigenvalue weighted by Gasteiger charge is -2.55. The van der Waals surface area contributed by atoms with Gasteiger partial charge in [-0.1, -0.05) is 99.6 Å². The lowest BCUT2D eigenvalue weighted by Crippen LogP contribution is -2.62. The first kappa shape index (κ1) is 47.2. The minimum Gasteiger partial charge on any atom is -0.458 e. The van der Waals surface area contributed by atoms with E-state index in [0.717, 1.165) is 25.7 Å². The number of hydrogen-bond acceptors (Lipinski definition) is 10. The summed E-state index contributed by atoms with van der Waals surface area (Å²) in [5.74, 6) is -6.53. The van der Waals surface area contributed by atoms with Crippen molar-refractivity contribution >= 4 is 17.5 Å². The van der Waals surface area contributed by atoms with Crippen molar-refractivity contribution in [3.63, 3.8) is 0 Å². The molecule has 0 aliphatic carbocycles. The molecule has 1 spiro atoms. The van der Waals surface area contributed by atoms with Crippen molar-refractivity contribution in [2.45, 2.75) is 170 Å². The van der Waals surface area contributed by atoms with E-state index < -0.39 is 77.6 Å². The van der Waals surface area contributed by atoms with Crippen LogP contribution in [0.5, 0.6) is 0 Å². The fourth-order valence-corrected chi connectivity index (χ4v) is 8.95. The first-order chi connectivity index (χ1) is 25.8. The van der Waals surface area contributed by atoms with Crippen molar-refractivity contribution in [1.29, 1.82) is 0 Å². The molecule has 4 N–H and O–H groups in total. The highest BCUT2D eigenvalue weighted by Crippen LogP contribution is 2.49. The molecule has 10 heteroatoms. The molecule has 314 valence electrons. The maximum absolute atomic E-state index is 13.5. The molecular weight excluding hydrogens is 700 g/mol. The Morgan fingerprint density at radius 2 is 1.36 bits per heavy atom. The van der Waals surface area contributed by atoms with Crippen LogP contribution in [0.2, 0.25) is 0 Å². The Morgan fingerprint density at radius 3 is 1.96 bits per heavy atom. The second-order valence-electron chi connectivity index (χ2n) is 17.7. The summed E-state index contributed by atoms with van der Waals surface area (Å²) in [6.45, 7) is 20.1. The van der Waals surface area contributed by atoms with E-state index in [9.17, 15) is 34.8 Å². The van der Waals surface area contributed by atoms with Crippen LogP contribution >= 0.6 is 0 Å². The standard InChI is InChI=1S/C45H74O10/c1-12-35-17-15-13-14-16-26(3)39(48)30(7)41(50)32(9)43(52)33(10)42(51)31(8)40(49)27(4)18-21-38(47)53-44-29(6)36(20-19-35)54-45(34(44)11)23-22-25(2)37(55-45)24-28(5)46/h13-15,17-18,21,25-37,39-40,43-44,46,48-49,52H,12,16,19-20,22-24H2,1-11H3/t25?,26?,27?,28?,29?,30?,31?,32?,33?,34?,35?,36?,37?,39?,40?,43?,44?,45-/m1/s1. The Labute approximate surface area is 331 Å². The predicted octanol–water partition coefficient (Wildman–Crippen LogP) is 6.77. The van der Waals surface area contributed by atoms with Crippen molar-refractivity contribution in [2.75, 3.05) is 0 Å². The van der Waals surface area contributed by atoms with Gasteiger partial charge in [-0.05, 0) is 63.2 Å². The average molecular weight is 775 g/mol. The maximum atomic E-state index is 13.5. The van der Waals surface area contributed by atoms with Crippen molar-refractivity contribution in [2.24, 2.45) is 59.2 Å². The number of ketones is 2. The van der Waals surface area contributed by atoms with Crippen LogP contribution in [0.25, 0.3) is 0 Å². The number of ether oxygens (including phenoxy) is 3. The lowest BCUT2D eigenvalue weighted by molar-refractivity contribution is -0.371. The number of Topliss-reactive ketones (excluding diaryl/α,β-unsaturated/α-hetero) is 2. The molecule has 2 saturated heterocycles. The molecule has 0 radical (unpaired) electrons. The molecule has 2 fully saturated rings. The third-order valence-corrected chi connectivity index (χ3v) is 13.4. The normalized spacial score (nSPS) is 44.3. The largest absolute Gasteiger partial charge is 0.458 e. The molecule has 3 rings (SSSR count). The van der Waals surface area contributed by atoms with Crippen LogP contribution in [0.4, 0.5) is 0 Å². The van der Waals surface area contributed by atoms with Gasteiger partial charge in [0.2, 0.25) is 0 Å². The van der Waals surface area contributed by atoms with E-state index in [1.54, 1.807) is 47.6 Å². The number of carbonyl (C=O) groups is 3. The summed E-state index contributed by atoms with van der Waals surface area (Å²) in [4.78, 5) is 40.4. The number of fused-ring (bicyclic) bond motifs is 2. The van der Waals surface area contributed by atoms with E-state index >= 15 is 0 Å². The molecule has 0 amide bonds. The highest BCUT2D eigenvalue weighted by molar-refractivity contribution is 5.87. The molecule has 3 heterocycles. The molecule has 0 aromatic carbocycles. The molecule has 55 heavy (non-hydrogen) atoms. The second-order valence-corrected chi connectivity index (χ2v) is 17.7. The fraction of sp³-hybridized carbons (Fsp3) is 0.800. The van der Waals surface area contributed by atoms with E-state index in [4.69, 9.17) is 14.2 Å². The van der Waals surface area contributed by atoms with E-state index in [0.29, 0.717) is 19.3 Å². The van der Waals surface area contributed by atoms with Crippen molar-refractivity contribution in [1.82, 2.24) is 0 Å². The van der Waals surface area contributed by atoms with Gasteiger partial charge in [0, 0.05) is 53.9 Å². The molecular formula is C45H74O10. The predicted molar refractivity (Wildman–Crippen MR) is 213 cm³/mol. The summed E-state index contributed by atoms with van der Waals surface area (Å²) in [7, 11) is 0. The summed E-state index contributed by atoms with van der Waals surface area (Å²) >= 11 is 0. The third kappa shape index (κ3) is 11.9. The van der Waals surface area contributed by atoms with Crippen LogP contribution in [0.3, 0.4) is 0 Å². The number of rotatable bonds is 3. The van der Waals surface area contributed by atoms with Crippen LogP contribution in [0.15, 0.2) is 36.5 Å². The van der Waals surface area contributed by atoms with Crippen molar-refractivity contribution < 1.29 is 49.0 Å². The molecule has 17 unspecified atom stereocenters. The fourth-order valence-electron chi connectivity index (χ4n) is 8.95. The Hall–Kier alpha value is -2.21. The molecule has 0 aromatic rings. The van der Waals surface area contributed by atoms with Crippen LogP contribution in [-0.4, -0.2) is 86.5 Å². The molecule has 0 aromatic heterocycles. The van der Waals surface area contributed by atoms with E-state index in [-0.39, 0.29) is 47.6 Å². The van der Waals surface area contributed by atoms with Gasteiger partial charge in [0.15, 0.2) is 5.79 Å². The molecule has 3 aliphatic rings. The Morgan fingerprint density at radius 1 is 0.764 bits per heavy atom. The van der Waals surface area contributed by atoms with Crippen LogP contribution in [0.1, 0.15) is 121 Å². The van der Waals surface area contributed by atoms with Gasteiger partial charge < -0.3 is 34.6 Å². The highest BCUT2D eigenvalue weighted by Gasteiger charge is 2.56. The van der Waals surface area contributed by atoms with Gasteiger partial charge >= 0.3 is 5.97 Å². The second kappa shape index (κ2) is 21.0. The van der Waals surface area contributed by atoms with Crippen molar-refractivity contribution in [3.05, 3.63) is 36.5 Å². The summed E-state index contributed by atoms with van der Waals surface area (Å²) in [6, 6.07) is 0. The molecule has 18 atom stereocenters. The minimum absolute atomic E-state index is 0.144. The Bertz CT molecular complexity index is 1340. The summed E-state index contributed by atoms with van der Waals surface area (Å²) < 4.78 is 20.0. The first-order valence-electron chi connectivity index (χ1n) is 21.1. The number of esters is 1. The molecule has 2 bridgehead atoms. The minimum atomic E-state index is -1.30. The summed E-state index contributed by atoms with van der Waals surface area (Å²) in [6.07, 6.45) is 11.1. The van der Waals surface area contributed by atoms with Gasteiger partial charge in [0.05, 0.1) is 36.6 Å². The lowest BCUT2D eigenvalue weighted by atomic mass is 9.74. The van der Waals surface area contributed by atoms with Gasteiger partial charge in [0.25, 0.3) is 0 Å². The topological polar surface area (TPSA) is 160 Å². The first-order valence-corrected chi connectivity index (χ1v) is 21.1. The van der Waals surface area contributed by atoms with E-state index in [1.807, 2.05) is 32.1 Å². The van der Waals surface area contributed by atoms with Crippen molar-refractivity contribution in [3.8, 4) is 0 Å². The quantitative estimate of drug-likeness (QED) is 0.226. The SMILES string of the molecule is CCC1C=CC=CCC(C)C(O)C(C)C(=O)C(C)C(O)C(C)C(=O)C(C)C(O)C(C)C=CC(=O)OC2C(C)C(CC1)O[C@@]1(CCC(C)C(CC(C)O)O1)C2C. The Balaban J connectivity index is 1.97.